The predicted molar refractivity (Wildman–Crippen MR) is 167 cm³/mol. The average Bonchev–Trinajstić information content (AvgIpc) is 2.99. The van der Waals surface area contributed by atoms with Crippen molar-refractivity contribution in [1.82, 2.24) is 0 Å². The van der Waals surface area contributed by atoms with Gasteiger partial charge in [0.15, 0.2) is 0 Å². The highest BCUT2D eigenvalue weighted by Crippen LogP contribution is 2.35. The van der Waals surface area contributed by atoms with Crippen LogP contribution in [-0.2, 0) is 4.79 Å². The quantitative estimate of drug-likeness (QED) is 0.0881. The van der Waals surface area contributed by atoms with Crippen molar-refractivity contribution < 1.29 is 9.53 Å². The minimum absolute atomic E-state index is 0.465. The number of benzene rings is 5. The van der Waals surface area contributed by atoms with Crippen molar-refractivity contribution in [2.45, 2.75) is 13.8 Å². The third kappa shape index (κ3) is 6.46. The van der Waals surface area contributed by atoms with Gasteiger partial charge in [0.2, 0.25) is 0 Å². The second kappa shape index (κ2) is 12.1. The summed E-state index contributed by atoms with van der Waals surface area (Å²) < 4.78 is 5.13. The number of anilines is 3. The molecule has 0 fully saturated rings. The van der Waals surface area contributed by atoms with Crippen molar-refractivity contribution in [3.63, 3.8) is 0 Å². The molecule has 0 saturated carbocycles. The maximum absolute atomic E-state index is 11.3. The highest BCUT2D eigenvalue weighted by atomic mass is 16.5. The molecule has 0 aliphatic rings. The van der Waals surface area contributed by atoms with Gasteiger partial charge in [-0.2, -0.15) is 0 Å². The second-order valence-electron chi connectivity index (χ2n) is 9.70. The molecular weight excluding hydrogens is 490 g/mol. The first kappa shape index (κ1) is 26.5. The van der Waals surface area contributed by atoms with Crippen LogP contribution < -0.4 is 9.64 Å². The number of hydrogen-bond donors (Lipinski definition) is 0. The Balaban J connectivity index is 1.32. The van der Waals surface area contributed by atoms with Crippen molar-refractivity contribution in [1.29, 1.82) is 0 Å². The molecule has 0 saturated heterocycles. The van der Waals surface area contributed by atoms with Crippen LogP contribution in [0.5, 0.6) is 5.75 Å². The normalized spacial score (nSPS) is 10.8. The van der Waals surface area contributed by atoms with Gasteiger partial charge in [-0.15, -0.1) is 0 Å². The van der Waals surface area contributed by atoms with Crippen LogP contribution in [0.25, 0.3) is 23.3 Å². The Bertz CT molecular complexity index is 1570. The zero-order valence-electron chi connectivity index (χ0n) is 22.7. The second-order valence-corrected chi connectivity index (χ2v) is 9.70. The highest BCUT2D eigenvalue weighted by Gasteiger charge is 2.12. The molecule has 0 atom stereocenters. The zero-order chi connectivity index (χ0) is 27.9. The molecular formula is C37H31NO2. The van der Waals surface area contributed by atoms with E-state index in [9.17, 15) is 4.79 Å². The maximum atomic E-state index is 11.3. The topological polar surface area (TPSA) is 29.5 Å². The third-order valence-corrected chi connectivity index (χ3v) is 6.69. The lowest BCUT2D eigenvalue weighted by atomic mass is 10.0. The van der Waals surface area contributed by atoms with Crippen molar-refractivity contribution >= 4 is 35.2 Å². The Morgan fingerprint density at radius 2 is 0.950 bits per heavy atom. The molecule has 0 unspecified atom stereocenters. The number of hydrogen-bond acceptors (Lipinski definition) is 3. The van der Waals surface area contributed by atoms with Crippen molar-refractivity contribution in [2.75, 3.05) is 4.90 Å². The number of ether oxygens (including phenoxy) is 1. The fraction of sp³-hybridized carbons (Fsp3) is 0.0541. The molecule has 5 rings (SSSR count). The van der Waals surface area contributed by atoms with Crippen molar-refractivity contribution in [2.24, 2.45) is 0 Å². The molecule has 0 amide bonds. The Kier molecular flexibility index (Phi) is 8.03. The van der Waals surface area contributed by atoms with Gasteiger partial charge >= 0.3 is 5.97 Å². The standard InChI is InChI=1S/C37H31NO2/c1-4-37(39)40-36-25-13-30(14-26-36)10-9-29-11-15-31(16-12-29)32-17-23-35(24-18-32)38(33-19-5-27(2)6-20-33)34-21-7-28(3)8-22-34/h4-26H,1H2,2-3H3. The van der Waals surface area contributed by atoms with Crippen LogP contribution >= 0.6 is 0 Å². The molecule has 0 radical (unpaired) electrons. The van der Waals surface area contributed by atoms with Gasteiger partial charge in [0, 0.05) is 23.1 Å². The van der Waals surface area contributed by atoms with E-state index in [0.29, 0.717) is 5.75 Å². The van der Waals surface area contributed by atoms with Crippen LogP contribution in [0.15, 0.2) is 134 Å². The van der Waals surface area contributed by atoms with E-state index in [4.69, 9.17) is 4.74 Å². The summed E-state index contributed by atoms with van der Waals surface area (Å²) in [6.07, 6.45) is 5.25. The van der Waals surface area contributed by atoms with E-state index in [1.54, 1.807) is 12.1 Å². The van der Waals surface area contributed by atoms with E-state index in [-0.39, 0.29) is 0 Å². The summed E-state index contributed by atoms with van der Waals surface area (Å²) in [4.78, 5) is 13.6. The Morgan fingerprint density at radius 1 is 0.575 bits per heavy atom. The number of nitrogens with zero attached hydrogens (tertiary/aromatic N) is 1. The first-order valence-electron chi connectivity index (χ1n) is 13.2. The summed E-state index contributed by atoms with van der Waals surface area (Å²) in [6.45, 7) is 7.63. The van der Waals surface area contributed by atoms with E-state index in [0.717, 1.165) is 45.4 Å². The van der Waals surface area contributed by atoms with Gasteiger partial charge in [-0.3, -0.25) is 0 Å². The van der Waals surface area contributed by atoms with E-state index in [1.165, 1.54) is 11.1 Å². The lowest BCUT2D eigenvalue weighted by molar-refractivity contribution is -0.128. The Hall–Kier alpha value is -5.15. The number of carbonyl (C=O) groups excluding carboxylic acids is 1. The summed E-state index contributed by atoms with van der Waals surface area (Å²) in [6, 6.07) is 41.9. The van der Waals surface area contributed by atoms with E-state index >= 15 is 0 Å². The number of carbonyl (C=O) groups is 1. The fourth-order valence-electron chi connectivity index (χ4n) is 4.42. The molecule has 0 spiro atoms. The smallest absolute Gasteiger partial charge is 0.335 e. The van der Waals surface area contributed by atoms with Gasteiger partial charge in [-0.05, 0) is 84.6 Å². The highest BCUT2D eigenvalue weighted by molar-refractivity contribution is 5.83. The summed E-state index contributed by atoms with van der Waals surface area (Å²) in [5, 5.41) is 0. The van der Waals surface area contributed by atoms with Gasteiger partial charge in [-0.1, -0.05) is 103 Å². The lowest BCUT2D eigenvalue weighted by Gasteiger charge is -2.26. The molecule has 0 aromatic heterocycles. The van der Waals surface area contributed by atoms with Gasteiger partial charge in [0.25, 0.3) is 0 Å². The van der Waals surface area contributed by atoms with Crippen LogP contribution in [0.3, 0.4) is 0 Å². The van der Waals surface area contributed by atoms with E-state index < -0.39 is 5.97 Å². The summed E-state index contributed by atoms with van der Waals surface area (Å²) >= 11 is 0. The predicted octanol–water partition coefficient (Wildman–Crippen LogP) is 9.70. The van der Waals surface area contributed by atoms with Crippen LogP contribution in [0.1, 0.15) is 22.3 Å². The Labute approximate surface area is 236 Å². The van der Waals surface area contributed by atoms with Crippen molar-refractivity contribution in [3.8, 4) is 16.9 Å². The van der Waals surface area contributed by atoms with Gasteiger partial charge in [-0.25, -0.2) is 4.79 Å². The molecule has 5 aromatic carbocycles. The van der Waals surface area contributed by atoms with Crippen LogP contribution in [0, 0.1) is 13.8 Å². The van der Waals surface area contributed by atoms with Gasteiger partial charge in [0.1, 0.15) is 5.75 Å². The number of esters is 1. The molecule has 0 aliphatic heterocycles. The largest absolute Gasteiger partial charge is 0.423 e. The first-order valence-corrected chi connectivity index (χ1v) is 13.2. The molecule has 3 heteroatoms. The Morgan fingerprint density at radius 3 is 1.38 bits per heavy atom. The molecule has 0 N–H and O–H groups in total. The van der Waals surface area contributed by atoms with E-state index in [2.05, 4.69) is 128 Å². The fourth-order valence-corrected chi connectivity index (χ4v) is 4.42. The summed E-state index contributed by atoms with van der Waals surface area (Å²) in [5.41, 5.74) is 10.3. The molecule has 196 valence electrons. The monoisotopic (exact) mass is 521 g/mol. The summed E-state index contributed by atoms with van der Waals surface area (Å²) in [7, 11) is 0. The van der Waals surface area contributed by atoms with E-state index in [1.807, 2.05) is 18.2 Å². The van der Waals surface area contributed by atoms with Crippen LogP contribution in [0.4, 0.5) is 17.1 Å². The first-order chi connectivity index (χ1) is 19.5. The minimum atomic E-state index is -0.465. The zero-order valence-corrected chi connectivity index (χ0v) is 22.7. The molecule has 40 heavy (non-hydrogen) atoms. The van der Waals surface area contributed by atoms with Crippen molar-refractivity contribution in [3.05, 3.63) is 156 Å². The summed E-state index contributed by atoms with van der Waals surface area (Å²) in [5.74, 6) is 0.0335. The SMILES string of the molecule is C=CC(=O)Oc1ccc(C=Cc2ccc(-c3ccc(N(c4ccc(C)cc4)c4ccc(C)cc4)cc3)cc2)cc1. The average molecular weight is 522 g/mol. The number of aryl methyl sites for hydroxylation is 2. The van der Waals surface area contributed by atoms with Gasteiger partial charge in [0.05, 0.1) is 0 Å². The van der Waals surface area contributed by atoms with Gasteiger partial charge < -0.3 is 9.64 Å². The maximum Gasteiger partial charge on any atom is 0.335 e. The molecule has 0 heterocycles. The molecule has 0 bridgehead atoms. The molecule has 0 aliphatic carbocycles. The molecule has 3 nitrogen and oxygen atoms in total. The van der Waals surface area contributed by atoms with Crippen LogP contribution in [-0.4, -0.2) is 5.97 Å². The van der Waals surface area contributed by atoms with Crippen LogP contribution in [0.2, 0.25) is 0 Å². The lowest BCUT2D eigenvalue weighted by Crippen LogP contribution is -2.09. The number of rotatable bonds is 8. The molecule has 5 aromatic rings. The third-order valence-electron chi connectivity index (χ3n) is 6.69. The minimum Gasteiger partial charge on any atom is -0.423 e.